The Morgan fingerprint density at radius 1 is 1.71 bits per heavy atom. The van der Waals surface area contributed by atoms with Crippen molar-refractivity contribution >= 4 is 12.6 Å². The summed E-state index contributed by atoms with van der Waals surface area (Å²) in [6, 6.07) is 0. The maximum Gasteiger partial charge on any atom is 0.322 e. The molecule has 0 amide bonds. The van der Waals surface area contributed by atoms with Gasteiger partial charge in [-0.05, 0) is 11.3 Å². The summed E-state index contributed by atoms with van der Waals surface area (Å²) >= 11 is 4.03. The molecule has 0 rings (SSSR count). The van der Waals surface area contributed by atoms with Crippen molar-refractivity contribution in [3.05, 3.63) is 34.2 Å². The Bertz CT molecular complexity index is 251. The van der Waals surface area contributed by atoms with Crippen LogP contribution in [0.3, 0.4) is 0 Å². The quantitative estimate of drug-likeness (QED) is 0.319. The zero-order chi connectivity index (χ0) is 11.1. The van der Waals surface area contributed by atoms with E-state index in [1.807, 2.05) is 6.92 Å². The molecule has 0 N–H and O–H groups in total. The molecule has 0 heterocycles. The fraction of sp³-hybridized carbons (Fsp3) is 0.556. The van der Waals surface area contributed by atoms with E-state index < -0.39 is 0 Å². The maximum absolute atomic E-state index is 10.8. The Morgan fingerprint density at radius 3 is 2.57 bits per heavy atom. The van der Waals surface area contributed by atoms with Crippen LogP contribution in [0.5, 0.6) is 0 Å². The molecule has 0 bridgehead atoms. The van der Waals surface area contributed by atoms with E-state index in [9.17, 15) is 10.1 Å². The standard InChI is InChI=1S/C9H16N2O2S/c1-4-6-10(3)9(11(12)13)8(5-2)7-14/h5,14H,2,4,6-7H2,1,3H3/b9-8-. The number of rotatable bonds is 6. The van der Waals surface area contributed by atoms with Crippen LogP contribution in [0.2, 0.25) is 0 Å². The molecule has 0 atom stereocenters. The van der Waals surface area contributed by atoms with Gasteiger partial charge in [0.15, 0.2) is 0 Å². The highest BCUT2D eigenvalue weighted by atomic mass is 32.1. The zero-order valence-corrected chi connectivity index (χ0v) is 9.46. The second kappa shape index (κ2) is 6.48. The third-order valence-electron chi connectivity index (χ3n) is 1.80. The monoisotopic (exact) mass is 216 g/mol. The Kier molecular flexibility index (Phi) is 6.03. The van der Waals surface area contributed by atoms with Gasteiger partial charge in [-0.25, -0.2) is 0 Å². The van der Waals surface area contributed by atoms with Crippen LogP contribution in [0.4, 0.5) is 0 Å². The molecule has 80 valence electrons. The van der Waals surface area contributed by atoms with Gasteiger partial charge in [-0.3, -0.25) is 4.90 Å². The molecule has 0 radical (unpaired) electrons. The first-order valence-corrected chi connectivity index (χ1v) is 5.03. The Morgan fingerprint density at radius 2 is 2.29 bits per heavy atom. The smallest absolute Gasteiger partial charge is 0.322 e. The second-order valence-electron chi connectivity index (χ2n) is 2.89. The molecular formula is C9H16N2O2S. The molecule has 5 heteroatoms. The summed E-state index contributed by atoms with van der Waals surface area (Å²) in [5.74, 6) is 0.422. The van der Waals surface area contributed by atoms with Crippen molar-refractivity contribution in [2.75, 3.05) is 19.3 Å². The molecule has 0 aliphatic carbocycles. The topological polar surface area (TPSA) is 46.4 Å². The van der Waals surface area contributed by atoms with Crippen LogP contribution in [0.15, 0.2) is 24.0 Å². The van der Waals surface area contributed by atoms with E-state index in [1.54, 1.807) is 11.9 Å². The minimum absolute atomic E-state index is 0.0943. The molecule has 0 aliphatic rings. The Labute approximate surface area is 89.8 Å². The summed E-state index contributed by atoms with van der Waals surface area (Å²) in [6.45, 7) is 6.17. The van der Waals surface area contributed by atoms with E-state index in [1.165, 1.54) is 6.08 Å². The van der Waals surface area contributed by atoms with Gasteiger partial charge in [0, 0.05) is 5.75 Å². The largest absolute Gasteiger partial charge is 0.358 e. The van der Waals surface area contributed by atoms with Gasteiger partial charge in [-0.2, -0.15) is 12.6 Å². The van der Waals surface area contributed by atoms with E-state index in [0.717, 1.165) is 6.42 Å². The van der Waals surface area contributed by atoms with E-state index in [4.69, 9.17) is 0 Å². The molecule has 0 aliphatic heterocycles. The maximum atomic E-state index is 10.8. The lowest BCUT2D eigenvalue weighted by atomic mass is 10.3. The normalized spacial score (nSPS) is 11.9. The lowest BCUT2D eigenvalue weighted by Crippen LogP contribution is -2.25. The average molecular weight is 216 g/mol. The second-order valence-corrected chi connectivity index (χ2v) is 3.21. The molecule has 0 aromatic heterocycles. The van der Waals surface area contributed by atoms with Crippen LogP contribution < -0.4 is 0 Å². The van der Waals surface area contributed by atoms with E-state index in [2.05, 4.69) is 19.2 Å². The van der Waals surface area contributed by atoms with Crippen molar-refractivity contribution < 1.29 is 4.92 Å². The van der Waals surface area contributed by atoms with Crippen LogP contribution in [-0.2, 0) is 0 Å². The van der Waals surface area contributed by atoms with Gasteiger partial charge < -0.3 is 10.1 Å². The Balaban J connectivity index is 5.00. The van der Waals surface area contributed by atoms with Crippen molar-refractivity contribution in [1.29, 1.82) is 0 Å². The molecule has 4 nitrogen and oxygen atoms in total. The number of allylic oxidation sites excluding steroid dienone is 1. The summed E-state index contributed by atoms with van der Waals surface area (Å²) in [5.41, 5.74) is 0.550. The summed E-state index contributed by atoms with van der Waals surface area (Å²) < 4.78 is 0. The fourth-order valence-electron chi connectivity index (χ4n) is 1.17. The number of hydrogen-bond donors (Lipinski definition) is 1. The molecule has 0 aromatic carbocycles. The van der Waals surface area contributed by atoms with Crippen LogP contribution in [0.25, 0.3) is 0 Å². The third-order valence-corrected chi connectivity index (χ3v) is 2.14. The van der Waals surface area contributed by atoms with E-state index in [-0.39, 0.29) is 10.7 Å². The number of thiol groups is 1. The molecule has 0 unspecified atom stereocenters. The van der Waals surface area contributed by atoms with Crippen molar-refractivity contribution in [2.45, 2.75) is 13.3 Å². The summed E-state index contributed by atoms with van der Waals surface area (Å²) in [7, 11) is 1.70. The summed E-state index contributed by atoms with van der Waals surface area (Å²) in [5, 5.41) is 10.8. The van der Waals surface area contributed by atoms with Gasteiger partial charge in [0.2, 0.25) is 0 Å². The zero-order valence-electron chi connectivity index (χ0n) is 8.56. The number of hydrogen-bond acceptors (Lipinski definition) is 4. The van der Waals surface area contributed by atoms with Gasteiger partial charge in [-0.1, -0.05) is 19.6 Å². The number of nitro groups is 1. The lowest BCUT2D eigenvalue weighted by Gasteiger charge is -2.15. The average Bonchev–Trinajstić information content (AvgIpc) is 2.13. The SMILES string of the molecule is C=C/C(CS)=C(\N(C)CCC)[N+](=O)[O-]. The Hall–Kier alpha value is -0.970. The molecule has 0 saturated carbocycles. The summed E-state index contributed by atoms with van der Waals surface area (Å²) in [4.78, 5) is 12.0. The van der Waals surface area contributed by atoms with Crippen LogP contribution in [-0.4, -0.2) is 29.2 Å². The van der Waals surface area contributed by atoms with E-state index >= 15 is 0 Å². The first-order valence-electron chi connectivity index (χ1n) is 4.40. The molecule has 0 saturated heterocycles. The minimum atomic E-state index is -0.386. The van der Waals surface area contributed by atoms with Gasteiger partial charge in [-0.15, -0.1) is 0 Å². The van der Waals surface area contributed by atoms with Crippen molar-refractivity contribution in [3.63, 3.8) is 0 Å². The molecule has 0 aromatic rings. The highest BCUT2D eigenvalue weighted by Crippen LogP contribution is 2.12. The van der Waals surface area contributed by atoms with Crippen molar-refractivity contribution in [1.82, 2.24) is 4.90 Å². The molecular weight excluding hydrogens is 200 g/mol. The van der Waals surface area contributed by atoms with Crippen LogP contribution in [0, 0.1) is 10.1 Å². The predicted octanol–water partition coefficient (Wildman–Crippen LogP) is 1.93. The lowest BCUT2D eigenvalue weighted by molar-refractivity contribution is -0.446. The van der Waals surface area contributed by atoms with Gasteiger partial charge in [0.1, 0.15) is 0 Å². The van der Waals surface area contributed by atoms with Gasteiger partial charge in [0.05, 0.1) is 19.2 Å². The first kappa shape index (κ1) is 13.0. The number of nitrogens with zero attached hydrogens (tertiary/aromatic N) is 2. The predicted molar refractivity (Wildman–Crippen MR) is 61.0 cm³/mol. The third kappa shape index (κ3) is 3.41. The highest BCUT2D eigenvalue weighted by Gasteiger charge is 2.19. The van der Waals surface area contributed by atoms with Crippen molar-refractivity contribution in [2.24, 2.45) is 0 Å². The highest BCUT2D eigenvalue weighted by molar-refractivity contribution is 7.80. The van der Waals surface area contributed by atoms with Gasteiger partial charge in [0.25, 0.3) is 0 Å². The fourth-order valence-corrected chi connectivity index (χ4v) is 1.44. The summed E-state index contributed by atoms with van der Waals surface area (Å²) in [6.07, 6.45) is 2.35. The molecule has 0 spiro atoms. The van der Waals surface area contributed by atoms with Crippen LogP contribution >= 0.6 is 12.6 Å². The van der Waals surface area contributed by atoms with E-state index in [0.29, 0.717) is 17.9 Å². The first-order chi connectivity index (χ1) is 6.58. The van der Waals surface area contributed by atoms with Crippen molar-refractivity contribution in [3.8, 4) is 0 Å². The molecule has 0 fully saturated rings. The van der Waals surface area contributed by atoms with Gasteiger partial charge >= 0.3 is 5.82 Å². The molecule has 14 heavy (non-hydrogen) atoms. The minimum Gasteiger partial charge on any atom is -0.358 e. The van der Waals surface area contributed by atoms with Crippen LogP contribution in [0.1, 0.15) is 13.3 Å².